The summed E-state index contributed by atoms with van der Waals surface area (Å²) in [6.07, 6.45) is 1.84. The fourth-order valence-corrected chi connectivity index (χ4v) is 2.73. The maximum Gasteiger partial charge on any atom is 0.119 e. The van der Waals surface area contributed by atoms with Crippen LogP contribution in [0.1, 0.15) is 10.4 Å². The second-order valence-electron chi connectivity index (χ2n) is 4.20. The Morgan fingerprint density at radius 1 is 1.28 bits per heavy atom. The molecule has 0 radical (unpaired) electrons. The van der Waals surface area contributed by atoms with Crippen LogP contribution in [0.4, 0.5) is 0 Å². The Bertz CT molecular complexity index is 470. The van der Waals surface area contributed by atoms with Crippen molar-refractivity contribution in [2.24, 2.45) is 5.84 Å². The molecule has 0 aliphatic heterocycles. The van der Waals surface area contributed by atoms with E-state index >= 15 is 0 Å². The molecule has 2 rings (SSSR count). The molecule has 1 aromatic heterocycles. The lowest BCUT2D eigenvalue weighted by molar-refractivity contribution is 0.413. The summed E-state index contributed by atoms with van der Waals surface area (Å²) in [5, 5.41) is 2.09. The van der Waals surface area contributed by atoms with E-state index in [1.54, 1.807) is 18.4 Å². The van der Waals surface area contributed by atoms with E-state index < -0.39 is 0 Å². The number of hydrazine groups is 1. The van der Waals surface area contributed by atoms with Crippen molar-refractivity contribution >= 4 is 11.3 Å². The number of hydrogen-bond donors (Lipinski definition) is 2. The summed E-state index contributed by atoms with van der Waals surface area (Å²) in [5.74, 6) is 6.52. The first-order chi connectivity index (χ1) is 8.81. The van der Waals surface area contributed by atoms with Crippen LogP contribution in [0.2, 0.25) is 0 Å². The van der Waals surface area contributed by atoms with Crippen molar-refractivity contribution in [3.05, 3.63) is 52.2 Å². The van der Waals surface area contributed by atoms with Gasteiger partial charge in [0.25, 0.3) is 0 Å². The van der Waals surface area contributed by atoms with Crippen molar-refractivity contribution in [1.29, 1.82) is 0 Å². The molecule has 0 aliphatic rings. The maximum absolute atomic E-state index is 5.63. The normalized spacial score (nSPS) is 12.3. The Morgan fingerprint density at radius 2 is 2.17 bits per heavy atom. The molecule has 0 spiro atoms. The molecule has 18 heavy (non-hydrogen) atoms. The summed E-state index contributed by atoms with van der Waals surface area (Å²) >= 11 is 1.76. The van der Waals surface area contributed by atoms with Crippen LogP contribution in [-0.4, -0.2) is 13.2 Å². The molecule has 1 heterocycles. The van der Waals surface area contributed by atoms with Gasteiger partial charge in [0.2, 0.25) is 0 Å². The molecule has 4 heteroatoms. The molecule has 3 N–H and O–H groups in total. The third-order valence-electron chi connectivity index (χ3n) is 2.88. The Morgan fingerprint density at radius 3 is 2.83 bits per heavy atom. The first-order valence-corrected chi connectivity index (χ1v) is 6.81. The molecule has 1 unspecified atom stereocenters. The van der Waals surface area contributed by atoms with Gasteiger partial charge in [-0.05, 0) is 42.0 Å². The van der Waals surface area contributed by atoms with Gasteiger partial charge in [-0.2, -0.15) is 0 Å². The highest BCUT2D eigenvalue weighted by Gasteiger charge is 2.10. The van der Waals surface area contributed by atoms with E-state index in [1.807, 2.05) is 12.1 Å². The van der Waals surface area contributed by atoms with Crippen LogP contribution in [0.15, 0.2) is 41.8 Å². The number of nitrogens with two attached hydrogens (primary N) is 1. The van der Waals surface area contributed by atoms with Crippen LogP contribution in [0.3, 0.4) is 0 Å². The largest absolute Gasteiger partial charge is 0.497 e. The first-order valence-electron chi connectivity index (χ1n) is 5.93. The van der Waals surface area contributed by atoms with Crippen LogP contribution in [0, 0.1) is 0 Å². The minimum atomic E-state index is 0.246. The predicted molar refractivity (Wildman–Crippen MR) is 75.8 cm³/mol. The number of methoxy groups -OCH3 is 1. The summed E-state index contributed by atoms with van der Waals surface area (Å²) < 4.78 is 5.23. The number of ether oxygens (including phenoxy) is 1. The van der Waals surface area contributed by atoms with Gasteiger partial charge in [0.05, 0.1) is 7.11 Å². The SMILES string of the molecule is COc1cccc(CC(Cc2cccs2)NN)c1. The van der Waals surface area contributed by atoms with E-state index in [1.165, 1.54) is 10.4 Å². The maximum atomic E-state index is 5.63. The van der Waals surface area contributed by atoms with E-state index in [0.717, 1.165) is 18.6 Å². The van der Waals surface area contributed by atoms with Crippen molar-refractivity contribution in [2.75, 3.05) is 7.11 Å². The van der Waals surface area contributed by atoms with Gasteiger partial charge >= 0.3 is 0 Å². The van der Waals surface area contributed by atoms with Gasteiger partial charge in [-0.3, -0.25) is 11.3 Å². The van der Waals surface area contributed by atoms with E-state index in [2.05, 4.69) is 35.1 Å². The lowest BCUT2D eigenvalue weighted by Gasteiger charge is -2.15. The third-order valence-corrected chi connectivity index (χ3v) is 3.78. The Balaban J connectivity index is 2.00. The molecule has 0 saturated carbocycles. The molecular formula is C14H18N2OS. The van der Waals surface area contributed by atoms with Gasteiger partial charge in [0, 0.05) is 10.9 Å². The zero-order valence-electron chi connectivity index (χ0n) is 10.4. The Kier molecular flexibility index (Phi) is 4.75. The smallest absolute Gasteiger partial charge is 0.119 e. The minimum absolute atomic E-state index is 0.246. The van der Waals surface area contributed by atoms with Crippen LogP contribution in [-0.2, 0) is 12.8 Å². The van der Waals surface area contributed by atoms with E-state index in [9.17, 15) is 0 Å². The zero-order chi connectivity index (χ0) is 12.8. The molecule has 0 saturated heterocycles. The molecular weight excluding hydrogens is 244 g/mol. The first kappa shape index (κ1) is 13.1. The average molecular weight is 262 g/mol. The standard InChI is InChI=1S/C14H18N2OS/c1-17-13-5-2-4-11(9-13)8-12(16-15)10-14-6-3-7-18-14/h2-7,9,12,16H,8,10,15H2,1H3. The molecule has 2 aromatic rings. The Hall–Kier alpha value is -1.36. The highest BCUT2D eigenvalue weighted by atomic mass is 32.1. The lowest BCUT2D eigenvalue weighted by Crippen LogP contribution is -2.38. The number of rotatable bonds is 6. The molecule has 0 amide bonds. The van der Waals surface area contributed by atoms with Gasteiger partial charge in [0.1, 0.15) is 5.75 Å². The number of thiophene rings is 1. The molecule has 96 valence electrons. The van der Waals surface area contributed by atoms with Gasteiger partial charge in [-0.1, -0.05) is 18.2 Å². The third kappa shape index (κ3) is 3.57. The quantitative estimate of drug-likeness (QED) is 0.620. The van der Waals surface area contributed by atoms with Crippen molar-refractivity contribution < 1.29 is 4.74 Å². The topological polar surface area (TPSA) is 47.3 Å². The van der Waals surface area contributed by atoms with Crippen LogP contribution >= 0.6 is 11.3 Å². The molecule has 1 aromatic carbocycles. The average Bonchev–Trinajstić information content (AvgIpc) is 2.91. The second-order valence-corrected chi connectivity index (χ2v) is 5.23. The van der Waals surface area contributed by atoms with Crippen molar-refractivity contribution in [1.82, 2.24) is 5.43 Å². The monoisotopic (exact) mass is 262 g/mol. The lowest BCUT2D eigenvalue weighted by atomic mass is 10.0. The van der Waals surface area contributed by atoms with E-state index in [4.69, 9.17) is 10.6 Å². The van der Waals surface area contributed by atoms with Gasteiger partial charge in [-0.15, -0.1) is 11.3 Å². The number of benzene rings is 1. The van der Waals surface area contributed by atoms with E-state index in [0.29, 0.717) is 0 Å². The second kappa shape index (κ2) is 6.54. The highest BCUT2D eigenvalue weighted by molar-refractivity contribution is 7.09. The molecule has 1 atom stereocenters. The summed E-state index contributed by atoms with van der Waals surface area (Å²) in [4.78, 5) is 1.35. The van der Waals surface area contributed by atoms with Gasteiger partial charge < -0.3 is 4.74 Å². The molecule has 0 bridgehead atoms. The molecule has 0 aliphatic carbocycles. The predicted octanol–water partition coefficient (Wildman–Crippen LogP) is 2.37. The van der Waals surface area contributed by atoms with Gasteiger partial charge in [-0.25, -0.2) is 0 Å². The van der Waals surface area contributed by atoms with Gasteiger partial charge in [0.15, 0.2) is 0 Å². The summed E-state index contributed by atoms with van der Waals surface area (Å²) in [7, 11) is 1.68. The fourth-order valence-electron chi connectivity index (χ4n) is 1.95. The molecule has 3 nitrogen and oxygen atoms in total. The number of hydrogen-bond acceptors (Lipinski definition) is 4. The highest BCUT2D eigenvalue weighted by Crippen LogP contribution is 2.17. The van der Waals surface area contributed by atoms with E-state index in [-0.39, 0.29) is 6.04 Å². The summed E-state index contributed by atoms with van der Waals surface area (Å²) in [6.45, 7) is 0. The van der Waals surface area contributed by atoms with Crippen LogP contribution in [0.5, 0.6) is 5.75 Å². The summed E-state index contributed by atoms with van der Waals surface area (Å²) in [5.41, 5.74) is 4.12. The number of nitrogens with one attached hydrogen (secondary N) is 1. The Labute approximate surface area is 112 Å². The van der Waals surface area contributed by atoms with Crippen molar-refractivity contribution in [3.63, 3.8) is 0 Å². The zero-order valence-corrected chi connectivity index (χ0v) is 11.2. The minimum Gasteiger partial charge on any atom is -0.497 e. The van der Waals surface area contributed by atoms with Crippen molar-refractivity contribution in [3.8, 4) is 5.75 Å². The van der Waals surface area contributed by atoms with Crippen LogP contribution in [0.25, 0.3) is 0 Å². The molecule has 0 fully saturated rings. The fraction of sp³-hybridized carbons (Fsp3) is 0.286. The summed E-state index contributed by atoms with van der Waals surface area (Å²) in [6, 6.07) is 12.6. The van der Waals surface area contributed by atoms with Crippen LogP contribution < -0.4 is 16.0 Å². The van der Waals surface area contributed by atoms with Crippen molar-refractivity contribution in [2.45, 2.75) is 18.9 Å².